The lowest BCUT2D eigenvalue weighted by atomic mass is 9.91. The second kappa shape index (κ2) is 7.72. The minimum atomic E-state index is -0.106. The first-order chi connectivity index (χ1) is 17.4. The highest BCUT2D eigenvalue weighted by Gasteiger charge is 2.46. The molecule has 7 rings (SSSR count). The zero-order valence-corrected chi connectivity index (χ0v) is 21.0. The lowest BCUT2D eigenvalue weighted by Crippen LogP contribution is -2.36. The van der Waals surface area contributed by atoms with Crippen LogP contribution < -0.4 is 10.3 Å². The van der Waals surface area contributed by atoms with E-state index in [1.165, 1.54) is 12.8 Å². The zero-order chi connectivity index (χ0) is 24.7. The van der Waals surface area contributed by atoms with Crippen LogP contribution in [0.1, 0.15) is 55.1 Å². The highest BCUT2D eigenvalue weighted by Crippen LogP contribution is 2.43. The van der Waals surface area contributed by atoms with Crippen molar-refractivity contribution in [1.29, 1.82) is 0 Å². The third kappa shape index (κ3) is 3.16. The van der Waals surface area contributed by atoms with Crippen LogP contribution in [-0.4, -0.2) is 48.9 Å². The molecule has 0 spiro atoms. The van der Waals surface area contributed by atoms with Gasteiger partial charge in [0.05, 0.1) is 18.5 Å². The standard InChI is InChI=1S/C28H31N5O3/c1-15-10-20-7-8-21(15)33(20)28(35)19-12-23-29-26(16(2)32(23)25(13-19)36-3)22-11-18-6-9-24(34)30-27(18)31(22)14-17-4-5-17/h6,9,11-13,15,17,20-21H,4-5,7-8,10,14H2,1-3H3,(H,30,34)/t15-,20+,21-/m1/s1. The smallest absolute Gasteiger partial charge is 0.254 e. The van der Waals surface area contributed by atoms with Crippen molar-refractivity contribution < 1.29 is 9.53 Å². The van der Waals surface area contributed by atoms with Crippen LogP contribution in [-0.2, 0) is 6.54 Å². The number of nitrogens with one attached hydrogen (secondary N) is 1. The SMILES string of the molecule is COc1cc(C(=O)N2[C@H]3CC[C@@H]2[C@H](C)C3)cc2nc(-c3cc4ccc(=O)[nH]c4n3CC3CC3)c(C)n12. The summed E-state index contributed by atoms with van der Waals surface area (Å²) in [7, 11) is 1.64. The summed E-state index contributed by atoms with van der Waals surface area (Å²) in [5, 5.41) is 0.989. The second-order valence-corrected chi connectivity index (χ2v) is 11.0. The number of aryl methyl sites for hydroxylation is 1. The number of hydrogen-bond donors (Lipinski definition) is 1. The Balaban J connectivity index is 1.37. The van der Waals surface area contributed by atoms with Gasteiger partial charge in [-0.25, -0.2) is 4.98 Å². The van der Waals surface area contributed by atoms with E-state index in [0.29, 0.717) is 41.0 Å². The van der Waals surface area contributed by atoms with E-state index in [9.17, 15) is 9.59 Å². The average molecular weight is 486 g/mol. The number of H-pyrrole nitrogens is 1. The summed E-state index contributed by atoms with van der Waals surface area (Å²) in [6, 6.07) is 9.97. The van der Waals surface area contributed by atoms with Gasteiger partial charge >= 0.3 is 0 Å². The third-order valence-corrected chi connectivity index (χ3v) is 8.62. The van der Waals surface area contributed by atoms with Gasteiger partial charge in [-0.15, -0.1) is 0 Å². The predicted molar refractivity (Wildman–Crippen MR) is 138 cm³/mol. The van der Waals surface area contributed by atoms with Crippen LogP contribution in [0.5, 0.6) is 5.88 Å². The van der Waals surface area contributed by atoms with Crippen LogP contribution in [0, 0.1) is 18.8 Å². The summed E-state index contributed by atoms with van der Waals surface area (Å²) in [6.07, 6.45) is 5.70. The Morgan fingerprint density at radius 3 is 2.69 bits per heavy atom. The number of aromatic amines is 1. The molecule has 4 aromatic heterocycles. The Labute approximate surface area is 208 Å². The Morgan fingerprint density at radius 2 is 2.00 bits per heavy atom. The molecule has 3 fully saturated rings. The van der Waals surface area contributed by atoms with Gasteiger partial charge in [-0.05, 0) is 69.1 Å². The first-order valence-corrected chi connectivity index (χ1v) is 13.1. The van der Waals surface area contributed by atoms with Crippen LogP contribution in [0.2, 0.25) is 0 Å². The Hall–Kier alpha value is -3.55. The van der Waals surface area contributed by atoms with E-state index < -0.39 is 0 Å². The molecule has 4 aromatic rings. The van der Waals surface area contributed by atoms with E-state index in [2.05, 4.69) is 27.4 Å². The lowest BCUT2D eigenvalue weighted by Gasteiger charge is -2.23. The first kappa shape index (κ1) is 21.7. The van der Waals surface area contributed by atoms with Crippen molar-refractivity contribution in [3.05, 3.63) is 51.9 Å². The lowest BCUT2D eigenvalue weighted by molar-refractivity contribution is 0.0720. The average Bonchev–Trinajstić information content (AvgIpc) is 3.20. The number of carbonyl (C=O) groups excluding carboxylic acids is 1. The summed E-state index contributed by atoms with van der Waals surface area (Å²) < 4.78 is 9.96. The van der Waals surface area contributed by atoms with Gasteiger partial charge in [-0.3, -0.25) is 14.0 Å². The molecule has 3 atom stereocenters. The highest BCUT2D eigenvalue weighted by atomic mass is 16.5. The van der Waals surface area contributed by atoms with Crippen LogP contribution in [0.4, 0.5) is 0 Å². The van der Waals surface area contributed by atoms with Gasteiger partial charge in [0.15, 0.2) is 5.88 Å². The molecule has 1 amide bonds. The minimum absolute atomic E-state index is 0.0790. The van der Waals surface area contributed by atoms with Gasteiger partial charge in [0.1, 0.15) is 17.0 Å². The number of pyridine rings is 2. The number of methoxy groups -OCH3 is 1. The van der Waals surface area contributed by atoms with E-state index in [1.54, 1.807) is 13.2 Å². The van der Waals surface area contributed by atoms with Crippen molar-refractivity contribution in [3.8, 4) is 17.3 Å². The Morgan fingerprint density at radius 1 is 1.17 bits per heavy atom. The molecule has 0 aromatic carbocycles. The monoisotopic (exact) mass is 485 g/mol. The molecule has 8 heteroatoms. The fourth-order valence-corrected chi connectivity index (χ4v) is 6.65. The van der Waals surface area contributed by atoms with E-state index in [1.807, 2.05) is 29.5 Å². The number of imidazole rings is 1. The minimum Gasteiger partial charge on any atom is -0.482 e. The fourth-order valence-electron chi connectivity index (χ4n) is 6.65. The largest absolute Gasteiger partial charge is 0.482 e. The molecule has 1 N–H and O–H groups in total. The molecular formula is C28H31N5O3. The summed E-state index contributed by atoms with van der Waals surface area (Å²) in [5.74, 6) is 1.86. The Kier molecular flexibility index (Phi) is 4.66. The van der Waals surface area contributed by atoms with Gasteiger partial charge < -0.3 is 19.2 Å². The number of carbonyl (C=O) groups is 1. The van der Waals surface area contributed by atoms with Gasteiger partial charge in [-0.1, -0.05) is 6.92 Å². The van der Waals surface area contributed by atoms with Crippen LogP contribution in [0.15, 0.2) is 35.1 Å². The number of aromatic nitrogens is 4. The van der Waals surface area contributed by atoms with Crippen LogP contribution in [0.25, 0.3) is 28.1 Å². The molecule has 2 saturated heterocycles. The van der Waals surface area contributed by atoms with E-state index in [0.717, 1.165) is 53.9 Å². The summed E-state index contributed by atoms with van der Waals surface area (Å²) in [6.45, 7) is 5.14. The summed E-state index contributed by atoms with van der Waals surface area (Å²) >= 11 is 0. The van der Waals surface area contributed by atoms with Crippen molar-refractivity contribution in [3.63, 3.8) is 0 Å². The Bertz CT molecular complexity index is 1590. The molecule has 6 heterocycles. The van der Waals surface area contributed by atoms with E-state index in [4.69, 9.17) is 9.72 Å². The number of amides is 1. The maximum Gasteiger partial charge on any atom is 0.254 e. The predicted octanol–water partition coefficient (Wildman–Crippen LogP) is 4.38. The first-order valence-electron chi connectivity index (χ1n) is 13.1. The molecule has 2 bridgehead atoms. The molecule has 36 heavy (non-hydrogen) atoms. The molecule has 0 unspecified atom stereocenters. The second-order valence-electron chi connectivity index (χ2n) is 11.0. The van der Waals surface area contributed by atoms with Crippen molar-refractivity contribution in [2.45, 2.75) is 64.6 Å². The summed E-state index contributed by atoms with van der Waals surface area (Å²) in [5.41, 5.74) is 4.81. The van der Waals surface area contributed by atoms with Crippen molar-refractivity contribution >= 4 is 22.6 Å². The number of nitrogens with zero attached hydrogens (tertiary/aromatic N) is 4. The fraction of sp³-hybridized carbons (Fsp3) is 0.464. The molecule has 2 aliphatic heterocycles. The van der Waals surface area contributed by atoms with E-state index in [-0.39, 0.29) is 11.5 Å². The molecule has 1 aliphatic carbocycles. The van der Waals surface area contributed by atoms with Gasteiger partial charge in [0.2, 0.25) is 5.56 Å². The maximum absolute atomic E-state index is 13.7. The number of fused-ring (bicyclic) bond motifs is 4. The number of ether oxygens (including phenoxy) is 1. The molecule has 1 saturated carbocycles. The maximum atomic E-state index is 13.7. The quantitative estimate of drug-likeness (QED) is 0.455. The van der Waals surface area contributed by atoms with Gasteiger partial charge in [0, 0.05) is 41.7 Å². The van der Waals surface area contributed by atoms with Gasteiger partial charge in [-0.2, -0.15) is 0 Å². The highest BCUT2D eigenvalue weighted by molar-refractivity contribution is 5.96. The molecule has 186 valence electrons. The molecule has 3 aliphatic rings. The van der Waals surface area contributed by atoms with Crippen molar-refractivity contribution in [2.24, 2.45) is 11.8 Å². The van der Waals surface area contributed by atoms with Crippen molar-refractivity contribution in [1.82, 2.24) is 23.8 Å². The number of rotatable bonds is 5. The molecule has 0 radical (unpaired) electrons. The normalized spacial score (nSPS) is 23.3. The zero-order valence-electron chi connectivity index (χ0n) is 21.0. The van der Waals surface area contributed by atoms with Gasteiger partial charge in [0.25, 0.3) is 5.91 Å². The summed E-state index contributed by atoms with van der Waals surface area (Å²) in [4.78, 5) is 35.9. The molecular weight excluding hydrogens is 454 g/mol. The topological polar surface area (TPSA) is 84.6 Å². The van der Waals surface area contributed by atoms with Crippen LogP contribution >= 0.6 is 0 Å². The van der Waals surface area contributed by atoms with E-state index >= 15 is 0 Å². The third-order valence-electron chi connectivity index (χ3n) is 8.62. The van der Waals surface area contributed by atoms with Crippen LogP contribution in [0.3, 0.4) is 0 Å². The van der Waals surface area contributed by atoms with Crippen molar-refractivity contribution in [2.75, 3.05) is 7.11 Å². The number of hydrogen-bond acceptors (Lipinski definition) is 4. The molecule has 8 nitrogen and oxygen atoms in total.